The van der Waals surface area contributed by atoms with Gasteiger partial charge in [-0.1, -0.05) is 35.3 Å². The maximum atomic E-state index is 6.14. The zero-order valence-corrected chi connectivity index (χ0v) is 12.5. The van der Waals surface area contributed by atoms with E-state index in [1.807, 2.05) is 24.3 Å². The first-order valence-electron chi connectivity index (χ1n) is 5.38. The third-order valence-corrected chi connectivity index (χ3v) is 3.90. The van der Waals surface area contributed by atoms with Gasteiger partial charge in [-0.15, -0.1) is 0 Å². The Morgan fingerprint density at radius 2 is 2.00 bits per heavy atom. The molecule has 0 aliphatic heterocycles. The first-order chi connectivity index (χ1) is 8.58. The molecule has 2 rings (SSSR count). The number of hydrogen-bond acceptors (Lipinski definition) is 2. The van der Waals surface area contributed by atoms with E-state index in [0.29, 0.717) is 16.5 Å². The highest BCUT2D eigenvalue weighted by molar-refractivity contribution is 9.10. The van der Waals surface area contributed by atoms with E-state index < -0.39 is 0 Å². The Hall–Kier alpha value is -0.610. The lowest BCUT2D eigenvalue weighted by Gasteiger charge is -2.14. The second-order valence-electron chi connectivity index (χ2n) is 3.92. The number of benzene rings is 1. The second kappa shape index (κ2) is 6.02. The summed E-state index contributed by atoms with van der Waals surface area (Å²) in [5.74, 6) is 0. The van der Waals surface area contributed by atoms with Gasteiger partial charge in [0.1, 0.15) is 0 Å². The van der Waals surface area contributed by atoms with Gasteiger partial charge in [-0.2, -0.15) is 0 Å². The molecule has 1 heterocycles. The van der Waals surface area contributed by atoms with Crippen molar-refractivity contribution in [1.29, 1.82) is 0 Å². The molecule has 0 saturated heterocycles. The molecule has 0 fully saturated rings. The van der Waals surface area contributed by atoms with Gasteiger partial charge in [0.15, 0.2) is 0 Å². The van der Waals surface area contributed by atoms with Crippen molar-refractivity contribution in [2.45, 2.75) is 12.5 Å². The van der Waals surface area contributed by atoms with Crippen molar-refractivity contribution in [1.82, 2.24) is 4.98 Å². The van der Waals surface area contributed by atoms with Crippen molar-refractivity contribution in [3.8, 4) is 0 Å². The molecule has 0 aliphatic rings. The summed E-state index contributed by atoms with van der Waals surface area (Å²) >= 11 is 15.5. The van der Waals surface area contributed by atoms with Crippen LogP contribution in [-0.4, -0.2) is 4.98 Å². The molecule has 0 saturated carbocycles. The molecule has 5 heteroatoms. The number of halogens is 3. The lowest BCUT2D eigenvalue weighted by Crippen LogP contribution is -2.14. The first-order valence-corrected chi connectivity index (χ1v) is 6.92. The minimum absolute atomic E-state index is 0.218. The van der Waals surface area contributed by atoms with Crippen LogP contribution in [0.5, 0.6) is 0 Å². The Kier molecular flexibility index (Phi) is 4.62. The van der Waals surface area contributed by atoms with E-state index in [0.717, 1.165) is 15.7 Å². The van der Waals surface area contributed by atoms with Crippen LogP contribution in [0.2, 0.25) is 10.0 Å². The van der Waals surface area contributed by atoms with E-state index in [2.05, 4.69) is 20.9 Å². The Balaban J connectivity index is 2.19. The lowest BCUT2D eigenvalue weighted by molar-refractivity contribution is 0.706. The van der Waals surface area contributed by atoms with E-state index in [4.69, 9.17) is 28.9 Å². The van der Waals surface area contributed by atoms with Crippen LogP contribution >= 0.6 is 39.1 Å². The van der Waals surface area contributed by atoms with E-state index in [1.165, 1.54) is 0 Å². The molecule has 0 bridgehead atoms. The average molecular weight is 346 g/mol. The summed E-state index contributed by atoms with van der Waals surface area (Å²) < 4.78 is 0.945. The summed E-state index contributed by atoms with van der Waals surface area (Å²) in [5.41, 5.74) is 7.90. The van der Waals surface area contributed by atoms with Crippen molar-refractivity contribution in [3.63, 3.8) is 0 Å². The third-order valence-electron chi connectivity index (χ3n) is 2.60. The highest BCUT2D eigenvalue weighted by Crippen LogP contribution is 2.30. The van der Waals surface area contributed by atoms with E-state index >= 15 is 0 Å². The highest BCUT2D eigenvalue weighted by Gasteiger charge is 2.13. The summed E-state index contributed by atoms with van der Waals surface area (Å²) in [6, 6.07) is 9.13. The standard InChI is InChI=1S/C13H11BrCl2N2/c14-8-4-5-9(18-7-8)6-12(17)10-2-1-3-11(15)13(10)16/h1-5,7,12H,6,17H2. The Bertz CT molecular complexity index is 543. The van der Waals surface area contributed by atoms with E-state index in [9.17, 15) is 0 Å². The van der Waals surface area contributed by atoms with Gasteiger partial charge in [0.25, 0.3) is 0 Å². The van der Waals surface area contributed by atoms with E-state index in [1.54, 1.807) is 12.3 Å². The monoisotopic (exact) mass is 344 g/mol. The molecule has 1 atom stereocenters. The van der Waals surface area contributed by atoms with Crippen molar-refractivity contribution in [2.24, 2.45) is 5.73 Å². The Labute approximate surface area is 124 Å². The van der Waals surface area contributed by atoms with Crippen molar-refractivity contribution >= 4 is 39.1 Å². The van der Waals surface area contributed by atoms with Crippen molar-refractivity contribution < 1.29 is 0 Å². The summed E-state index contributed by atoms with van der Waals surface area (Å²) in [5, 5.41) is 1.04. The minimum Gasteiger partial charge on any atom is -0.324 e. The normalized spacial score (nSPS) is 12.4. The molecular weight excluding hydrogens is 335 g/mol. The van der Waals surface area contributed by atoms with Crippen molar-refractivity contribution in [2.75, 3.05) is 0 Å². The van der Waals surface area contributed by atoms with Gasteiger partial charge in [0, 0.05) is 28.8 Å². The number of pyridine rings is 1. The van der Waals surface area contributed by atoms with Crippen LogP contribution in [0.15, 0.2) is 41.0 Å². The fraction of sp³-hybridized carbons (Fsp3) is 0.154. The van der Waals surface area contributed by atoms with Gasteiger partial charge >= 0.3 is 0 Å². The van der Waals surface area contributed by atoms with Crippen LogP contribution in [0.4, 0.5) is 0 Å². The molecular formula is C13H11BrCl2N2. The Morgan fingerprint density at radius 3 is 2.67 bits per heavy atom. The van der Waals surface area contributed by atoms with Gasteiger partial charge in [0.05, 0.1) is 10.0 Å². The first kappa shape index (κ1) is 13.8. The zero-order valence-electron chi connectivity index (χ0n) is 9.41. The van der Waals surface area contributed by atoms with Crippen LogP contribution in [-0.2, 0) is 6.42 Å². The van der Waals surface area contributed by atoms with Crippen LogP contribution in [0.1, 0.15) is 17.3 Å². The molecule has 1 aromatic carbocycles. The molecule has 0 spiro atoms. The van der Waals surface area contributed by atoms with Crippen LogP contribution in [0.3, 0.4) is 0 Å². The predicted octanol–water partition coefficient (Wildman–Crippen LogP) is 4.39. The minimum atomic E-state index is -0.218. The predicted molar refractivity (Wildman–Crippen MR) is 79.0 cm³/mol. The number of nitrogens with two attached hydrogens (primary N) is 1. The highest BCUT2D eigenvalue weighted by atomic mass is 79.9. The maximum Gasteiger partial charge on any atom is 0.0640 e. The topological polar surface area (TPSA) is 38.9 Å². The molecule has 0 radical (unpaired) electrons. The smallest absolute Gasteiger partial charge is 0.0640 e. The summed E-state index contributed by atoms with van der Waals surface area (Å²) in [6.07, 6.45) is 2.37. The lowest BCUT2D eigenvalue weighted by atomic mass is 10.0. The van der Waals surface area contributed by atoms with Gasteiger partial charge in [-0.25, -0.2) is 0 Å². The zero-order chi connectivity index (χ0) is 13.1. The molecule has 2 nitrogen and oxygen atoms in total. The maximum absolute atomic E-state index is 6.14. The summed E-state index contributed by atoms with van der Waals surface area (Å²) in [4.78, 5) is 4.29. The largest absolute Gasteiger partial charge is 0.324 e. The summed E-state index contributed by atoms with van der Waals surface area (Å²) in [6.45, 7) is 0. The third kappa shape index (κ3) is 3.23. The van der Waals surface area contributed by atoms with Gasteiger partial charge in [-0.3, -0.25) is 4.98 Å². The molecule has 2 aromatic rings. The molecule has 2 N–H and O–H groups in total. The number of hydrogen-bond donors (Lipinski definition) is 1. The number of nitrogens with zero attached hydrogens (tertiary/aromatic N) is 1. The van der Waals surface area contributed by atoms with Gasteiger partial charge < -0.3 is 5.73 Å². The molecule has 18 heavy (non-hydrogen) atoms. The second-order valence-corrected chi connectivity index (χ2v) is 5.62. The fourth-order valence-corrected chi connectivity index (χ4v) is 2.35. The fourth-order valence-electron chi connectivity index (χ4n) is 1.67. The number of rotatable bonds is 3. The molecule has 1 unspecified atom stereocenters. The van der Waals surface area contributed by atoms with Gasteiger partial charge in [-0.05, 0) is 39.7 Å². The van der Waals surface area contributed by atoms with Crippen LogP contribution < -0.4 is 5.73 Å². The van der Waals surface area contributed by atoms with E-state index in [-0.39, 0.29) is 6.04 Å². The van der Waals surface area contributed by atoms with Gasteiger partial charge in [0.2, 0.25) is 0 Å². The quantitative estimate of drug-likeness (QED) is 0.895. The van der Waals surface area contributed by atoms with Crippen molar-refractivity contribution in [3.05, 3.63) is 62.3 Å². The average Bonchev–Trinajstić information content (AvgIpc) is 2.35. The molecule has 0 aliphatic carbocycles. The SMILES string of the molecule is NC(Cc1ccc(Br)cn1)c1cccc(Cl)c1Cl. The van der Waals surface area contributed by atoms with Crippen LogP contribution in [0, 0.1) is 0 Å². The number of aromatic nitrogens is 1. The molecule has 0 amide bonds. The molecule has 1 aromatic heterocycles. The Morgan fingerprint density at radius 1 is 1.22 bits per heavy atom. The summed E-state index contributed by atoms with van der Waals surface area (Å²) in [7, 11) is 0. The molecule has 94 valence electrons. The van der Waals surface area contributed by atoms with Crippen LogP contribution in [0.25, 0.3) is 0 Å².